The fourth-order valence-electron chi connectivity index (χ4n) is 2.02. The van der Waals surface area contributed by atoms with Gasteiger partial charge >= 0.3 is 0 Å². The summed E-state index contributed by atoms with van der Waals surface area (Å²) in [7, 11) is 0. The van der Waals surface area contributed by atoms with Crippen LogP contribution >= 0.6 is 0 Å². The van der Waals surface area contributed by atoms with Gasteiger partial charge in [-0.05, 0) is 31.6 Å². The quantitative estimate of drug-likeness (QED) is 0.597. The van der Waals surface area contributed by atoms with Crippen LogP contribution in [0.25, 0.3) is 0 Å². The predicted octanol–water partition coefficient (Wildman–Crippen LogP) is 2.99. The standard InChI is InChI=1S/C10H20O/c1-4-10(9(2)3)7-5-6-8-11-10/h9H,4-8H2,1-3H3/t10-/m1/s1. The summed E-state index contributed by atoms with van der Waals surface area (Å²) in [5.74, 6) is 0.674. The Bertz CT molecular complexity index is 112. The van der Waals surface area contributed by atoms with Crippen LogP contribution in [0.4, 0.5) is 0 Å². The van der Waals surface area contributed by atoms with Crippen LogP contribution in [0.15, 0.2) is 0 Å². The van der Waals surface area contributed by atoms with Crippen LogP contribution in [-0.2, 0) is 4.74 Å². The van der Waals surface area contributed by atoms with Crippen molar-refractivity contribution in [3.8, 4) is 0 Å². The molecule has 1 fully saturated rings. The molecule has 0 aromatic carbocycles. The van der Waals surface area contributed by atoms with Crippen molar-refractivity contribution in [2.24, 2.45) is 5.92 Å². The van der Waals surface area contributed by atoms with E-state index < -0.39 is 0 Å². The van der Waals surface area contributed by atoms with Crippen molar-refractivity contribution in [1.29, 1.82) is 0 Å². The van der Waals surface area contributed by atoms with Gasteiger partial charge in [-0.2, -0.15) is 0 Å². The van der Waals surface area contributed by atoms with Crippen LogP contribution in [0, 0.1) is 5.92 Å². The van der Waals surface area contributed by atoms with E-state index in [1.165, 1.54) is 25.7 Å². The van der Waals surface area contributed by atoms with Crippen LogP contribution in [0.1, 0.15) is 46.5 Å². The number of hydrogen-bond donors (Lipinski definition) is 0. The molecule has 1 nitrogen and oxygen atoms in total. The maximum Gasteiger partial charge on any atom is 0.0702 e. The zero-order chi connectivity index (χ0) is 8.32. The number of ether oxygens (including phenoxy) is 1. The van der Waals surface area contributed by atoms with E-state index in [1.807, 2.05) is 0 Å². The van der Waals surface area contributed by atoms with Crippen molar-refractivity contribution in [3.05, 3.63) is 0 Å². The Balaban J connectivity index is 2.57. The Morgan fingerprint density at radius 1 is 1.36 bits per heavy atom. The van der Waals surface area contributed by atoms with E-state index in [-0.39, 0.29) is 5.60 Å². The average molecular weight is 156 g/mol. The molecule has 1 heteroatoms. The summed E-state index contributed by atoms with van der Waals surface area (Å²) in [6.07, 6.45) is 5.05. The maximum absolute atomic E-state index is 5.88. The zero-order valence-electron chi connectivity index (χ0n) is 8.02. The highest BCUT2D eigenvalue weighted by Crippen LogP contribution is 2.34. The van der Waals surface area contributed by atoms with Crippen molar-refractivity contribution >= 4 is 0 Å². The average Bonchev–Trinajstić information content (AvgIpc) is 2.05. The second-order valence-corrected chi connectivity index (χ2v) is 3.88. The first-order valence-electron chi connectivity index (χ1n) is 4.85. The zero-order valence-corrected chi connectivity index (χ0v) is 8.02. The third kappa shape index (κ3) is 1.76. The topological polar surface area (TPSA) is 9.23 Å². The molecule has 1 saturated heterocycles. The molecule has 0 aromatic rings. The predicted molar refractivity (Wildman–Crippen MR) is 47.7 cm³/mol. The molecule has 0 radical (unpaired) electrons. The molecule has 0 saturated carbocycles. The summed E-state index contributed by atoms with van der Waals surface area (Å²) in [5.41, 5.74) is 0.220. The van der Waals surface area contributed by atoms with Crippen molar-refractivity contribution in [1.82, 2.24) is 0 Å². The van der Waals surface area contributed by atoms with E-state index in [9.17, 15) is 0 Å². The Kier molecular flexibility index (Phi) is 2.94. The first-order valence-corrected chi connectivity index (χ1v) is 4.85. The fourth-order valence-corrected chi connectivity index (χ4v) is 2.02. The SMILES string of the molecule is CC[C@]1(C(C)C)CCCCO1. The molecule has 1 heterocycles. The summed E-state index contributed by atoms with van der Waals surface area (Å²) >= 11 is 0. The van der Waals surface area contributed by atoms with Gasteiger partial charge < -0.3 is 4.74 Å². The van der Waals surface area contributed by atoms with E-state index >= 15 is 0 Å². The second kappa shape index (κ2) is 3.57. The van der Waals surface area contributed by atoms with Crippen molar-refractivity contribution in [2.75, 3.05) is 6.61 Å². The van der Waals surface area contributed by atoms with E-state index in [0.717, 1.165) is 6.61 Å². The van der Waals surface area contributed by atoms with Crippen molar-refractivity contribution < 1.29 is 4.74 Å². The third-order valence-corrected chi connectivity index (χ3v) is 3.03. The van der Waals surface area contributed by atoms with Crippen LogP contribution in [0.3, 0.4) is 0 Å². The molecule has 11 heavy (non-hydrogen) atoms. The van der Waals surface area contributed by atoms with Gasteiger partial charge in [0, 0.05) is 6.61 Å². The highest BCUT2D eigenvalue weighted by atomic mass is 16.5. The molecule has 66 valence electrons. The molecule has 1 rings (SSSR count). The monoisotopic (exact) mass is 156 g/mol. The van der Waals surface area contributed by atoms with E-state index in [1.54, 1.807) is 0 Å². The smallest absolute Gasteiger partial charge is 0.0702 e. The lowest BCUT2D eigenvalue weighted by Crippen LogP contribution is -2.40. The lowest BCUT2D eigenvalue weighted by Gasteiger charge is -2.40. The lowest BCUT2D eigenvalue weighted by molar-refractivity contribution is -0.110. The molecule has 0 spiro atoms. The van der Waals surface area contributed by atoms with Gasteiger partial charge in [-0.3, -0.25) is 0 Å². The highest BCUT2D eigenvalue weighted by Gasteiger charge is 2.34. The minimum Gasteiger partial charge on any atom is -0.375 e. The first kappa shape index (κ1) is 9.05. The molecule has 1 aliphatic rings. The van der Waals surface area contributed by atoms with Gasteiger partial charge in [0.25, 0.3) is 0 Å². The lowest BCUT2D eigenvalue weighted by atomic mass is 9.81. The molecule has 0 N–H and O–H groups in total. The molecule has 0 amide bonds. The molecule has 0 bridgehead atoms. The molecular weight excluding hydrogens is 136 g/mol. The Morgan fingerprint density at radius 3 is 2.36 bits per heavy atom. The molecule has 1 atom stereocenters. The second-order valence-electron chi connectivity index (χ2n) is 3.88. The molecular formula is C10H20O. The normalized spacial score (nSPS) is 32.7. The maximum atomic E-state index is 5.88. The molecule has 1 aliphatic heterocycles. The van der Waals surface area contributed by atoms with Crippen LogP contribution < -0.4 is 0 Å². The third-order valence-electron chi connectivity index (χ3n) is 3.03. The van der Waals surface area contributed by atoms with Gasteiger partial charge in [0.2, 0.25) is 0 Å². The summed E-state index contributed by atoms with van der Waals surface area (Å²) in [6, 6.07) is 0. The highest BCUT2D eigenvalue weighted by molar-refractivity contribution is 4.84. The van der Waals surface area contributed by atoms with Gasteiger partial charge in [0.05, 0.1) is 5.60 Å². The Morgan fingerprint density at radius 2 is 2.09 bits per heavy atom. The van der Waals surface area contributed by atoms with Gasteiger partial charge in [-0.15, -0.1) is 0 Å². The summed E-state index contributed by atoms with van der Waals surface area (Å²) in [5, 5.41) is 0. The Labute approximate surface area is 70.1 Å². The van der Waals surface area contributed by atoms with Crippen LogP contribution in [0.5, 0.6) is 0 Å². The minimum absolute atomic E-state index is 0.220. The van der Waals surface area contributed by atoms with Crippen molar-refractivity contribution in [3.63, 3.8) is 0 Å². The fraction of sp³-hybridized carbons (Fsp3) is 1.00. The van der Waals surface area contributed by atoms with Crippen LogP contribution in [0.2, 0.25) is 0 Å². The number of hydrogen-bond acceptors (Lipinski definition) is 1. The minimum atomic E-state index is 0.220. The van der Waals surface area contributed by atoms with Crippen LogP contribution in [-0.4, -0.2) is 12.2 Å². The summed E-state index contributed by atoms with van der Waals surface area (Å²) in [4.78, 5) is 0. The summed E-state index contributed by atoms with van der Waals surface area (Å²) in [6.45, 7) is 7.76. The van der Waals surface area contributed by atoms with E-state index in [0.29, 0.717) is 5.92 Å². The van der Waals surface area contributed by atoms with Gasteiger partial charge in [0.1, 0.15) is 0 Å². The first-order chi connectivity index (χ1) is 5.21. The number of rotatable bonds is 2. The van der Waals surface area contributed by atoms with E-state index in [2.05, 4.69) is 20.8 Å². The van der Waals surface area contributed by atoms with Gasteiger partial charge in [-0.1, -0.05) is 20.8 Å². The van der Waals surface area contributed by atoms with Gasteiger partial charge in [-0.25, -0.2) is 0 Å². The summed E-state index contributed by atoms with van der Waals surface area (Å²) < 4.78 is 5.88. The molecule has 0 aromatic heterocycles. The van der Waals surface area contributed by atoms with E-state index in [4.69, 9.17) is 4.74 Å². The van der Waals surface area contributed by atoms with Gasteiger partial charge in [0.15, 0.2) is 0 Å². The van der Waals surface area contributed by atoms with Crippen molar-refractivity contribution in [2.45, 2.75) is 52.1 Å². The Hall–Kier alpha value is -0.0400. The molecule has 0 aliphatic carbocycles. The largest absolute Gasteiger partial charge is 0.375 e. The molecule has 0 unspecified atom stereocenters.